The Bertz CT molecular complexity index is 398. The Hall–Kier alpha value is -1.18. The molecule has 1 aromatic rings. The maximum Gasteiger partial charge on any atom is 0.137 e. The highest BCUT2D eigenvalue weighted by Gasteiger charge is 2.38. The maximum absolute atomic E-state index is 13.1. The van der Waals surface area contributed by atoms with Crippen LogP contribution in [0.25, 0.3) is 0 Å². The molecule has 0 saturated heterocycles. The van der Waals surface area contributed by atoms with Crippen LogP contribution in [0.1, 0.15) is 36.8 Å². The molecule has 0 aliphatic heterocycles. The van der Waals surface area contributed by atoms with Gasteiger partial charge in [-0.2, -0.15) is 0 Å². The van der Waals surface area contributed by atoms with E-state index in [0.29, 0.717) is 23.7 Å². The van der Waals surface area contributed by atoms with Gasteiger partial charge in [0.05, 0.1) is 0 Å². The summed E-state index contributed by atoms with van der Waals surface area (Å²) in [5.74, 6) is 0.665. The van der Waals surface area contributed by atoms with Crippen LogP contribution in [0, 0.1) is 18.7 Å². The van der Waals surface area contributed by atoms with Crippen molar-refractivity contribution in [2.24, 2.45) is 5.92 Å². The molecule has 1 aromatic carbocycles. The normalized spacial score (nSPS) is 25.1. The number of ketones is 1. The molecular weight excluding hydrogens is 191 g/mol. The number of rotatable bonds is 2. The van der Waals surface area contributed by atoms with E-state index in [9.17, 15) is 9.18 Å². The Kier molecular flexibility index (Phi) is 2.59. The average Bonchev–Trinajstić information content (AvgIpc) is 2.19. The molecule has 0 radical (unpaired) electrons. The second-order valence-corrected chi connectivity index (χ2v) is 4.30. The fraction of sp³-hybridized carbons (Fsp3) is 0.462. The first-order chi connectivity index (χ1) is 7.13. The molecule has 1 saturated carbocycles. The molecule has 1 aliphatic carbocycles. The molecule has 1 aliphatic rings. The van der Waals surface area contributed by atoms with E-state index in [-0.39, 0.29) is 11.7 Å². The monoisotopic (exact) mass is 206 g/mol. The molecule has 0 aromatic heterocycles. The molecule has 0 bridgehead atoms. The Morgan fingerprint density at radius 3 is 2.73 bits per heavy atom. The lowest BCUT2D eigenvalue weighted by Gasteiger charge is -2.34. The summed E-state index contributed by atoms with van der Waals surface area (Å²) >= 11 is 0. The van der Waals surface area contributed by atoms with E-state index in [1.165, 1.54) is 6.07 Å². The molecular formula is C13H15FO. The van der Waals surface area contributed by atoms with Crippen LogP contribution >= 0.6 is 0 Å². The Morgan fingerprint density at radius 1 is 1.47 bits per heavy atom. The lowest BCUT2D eigenvalue weighted by atomic mass is 9.67. The Balaban J connectivity index is 2.24. The van der Waals surface area contributed by atoms with Crippen LogP contribution < -0.4 is 0 Å². The van der Waals surface area contributed by atoms with E-state index in [1.807, 2.05) is 19.1 Å². The van der Waals surface area contributed by atoms with Crippen molar-refractivity contribution in [3.8, 4) is 0 Å². The second kappa shape index (κ2) is 3.76. The molecule has 80 valence electrons. The van der Waals surface area contributed by atoms with E-state index in [1.54, 1.807) is 6.92 Å². The summed E-state index contributed by atoms with van der Waals surface area (Å²) in [5.41, 5.74) is 1.78. The number of carbonyl (C=O) groups is 1. The van der Waals surface area contributed by atoms with Crippen molar-refractivity contribution in [1.29, 1.82) is 0 Å². The molecule has 2 unspecified atom stereocenters. The summed E-state index contributed by atoms with van der Waals surface area (Å²) in [6.07, 6.45) is 1.52. The standard InChI is InChI=1S/C13H15FO/c1-3-10-11(7-13(10)15)9-4-5-12(14)8(2)6-9/h4-6,10-11H,3,7H2,1-2H3. The van der Waals surface area contributed by atoms with Crippen LogP contribution in [0.15, 0.2) is 18.2 Å². The quantitative estimate of drug-likeness (QED) is 0.726. The zero-order chi connectivity index (χ0) is 11.0. The van der Waals surface area contributed by atoms with Crippen LogP contribution in [0.2, 0.25) is 0 Å². The van der Waals surface area contributed by atoms with Gasteiger partial charge in [-0.3, -0.25) is 4.79 Å². The molecule has 1 fully saturated rings. The van der Waals surface area contributed by atoms with Crippen molar-refractivity contribution >= 4 is 5.78 Å². The minimum absolute atomic E-state index is 0.162. The molecule has 2 heteroatoms. The van der Waals surface area contributed by atoms with Gasteiger partial charge in [0, 0.05) is 18.3 Å². The third-order valence-electron chi connectivity index (χ3n) is 3.37. The molecule has 2 rings (SSSR count). The van der Waals surface area contributed by atoms with Crippen molar-refractivity contribution in [3.05, 3.63) is 35.1 Å². The Morgan fingerprint density at radius 2 is 2.20 bits per heavy atom. The summed E-state index contributed by atoms with van der Waals surface area (Å²) in [7, 11) is 0. The SMILES string of the molecule is CCC1C(=O)CC1c1ccc(F)c(C)c1. The molecule has 15 heavy (non-hydrogen) atoms. The summed E-state index contributed by atoms with van der Waals surface area (Å²) in [6, 6.07) is 5.18. The number of hydrogen-bond donors (Lipinski definition) is 0. The number of benzene rings is 1. The number of carbonyl (C=O) groups excluding carboxylic acids is 1. The number of halogens is 1. The molecule has 2 atom stereocenters. The second-order valence-electron chi connectivity index (χ2n) is 4.30. The first-order valence-corrected chi connectivity index (χ1v) is 5.42. The van der Waals surface area contributed by atoms with Crippen molar-refractivity contribution in [2.45, 2.75) is 32.6 Å². The smallest absolute Gasteiger partial charge is 0.137 e. The predicted molar refractivity (Wildman–Crippen MR) is 57.3 cm³/mol. The summed E-state index contributed by atoms with van der Waals surface area (Å²) in [4.78, 5) is 11.3. The summed E-state index contributed by atoms with van der Waals surface area (Å²) in [5, 5.41) is 0. The minimum atomic E-state index is -0.169. The van der Waals surface area contributed by atoms with E-state index < -0.39 is 0 Å². The molecule has 0 spiro atoms. The lowest BCUT2D eigenvalue weighted by molar-refractivity contribution is -0.131. The predicted octanol–water partition coefficient (Wildman–Crippen LogP) is 3.22. The van der Waals surface area contributed by atoms with Gasteiger partial charge in [0.15, 0.2) is 0 Å². The van der Waals surface area contributed by atoms with Gasteiger partial charge in [-0.25, -0.2) is 4.39 Å². The summed E-state index contributed by atoms with van der Waals surface area (Å²) in [6.45, 7) is 3.80. The molecule has 1 nitrogen and oxygen atoms in total. The van der Waals surface area contributed by atoms with Crippen LogP contribution in [0.3, 0.4) is 0 Å². The highest BCUT2D eigenvalue weighted by atomic mass is 19.1. The van der Waals surface area contributed by atoms with Crippen LogP contribution in [0.4, 0.5) is 4.39 Å². The van der Waals surface area contributed by atoms with E-state index in [0.717, 1.165) is 12.0 Å². The zero-order valence-corrected chi connectivity index (χ0v) is 9.09. The third-order valence-corrected chi connectivity index (χ3v) is 3.37. The van der Waals surface area contributed by atoms with Crippen LogP contribution in [-0.2, 0) is 4.79 Å². The van der Waals surface area contributed by atoms with Gasteiger partial charge in [-0.05, 0) is 30.5 Å². The van der Waals surface area contributed by atoms with Crippen molar-refractivity contribution in [1.82, 2.24) is 0 Å². The van der Waals surface area contributed by atoms with Gasteiger partial charge in [0.2, 0.25) is 0 Å². The Labute approximate surface area is 89.3 Å². The van der Waals surface area contributed by atoms with Gasteiger partial charge in [0.25, 0.3) is 0 Å². The van der Waals surface area contributed by atoms with Crippen molar-refractivity contribution < 1.29 is 9.18 Å². The van der Waals surface area contributed by atoms with Gasteiger partial charge >= 0.3 is 0 Å². The molecule has 0 N–H and O–H groups in total. The average molecular weight is 206 g/mol. The third kappa shape index (κ3) is 1.69. The van der Waals surface area contributed by atoms with E-state index >= 15 is 0 Å². The van der Waals surface area contributed by atoms with Gasteiger partial charge in [-0.15, -0.1) is 0 Å². The number of Topliss-reactive ketones (excluding diaryl/α,β-unsaturated/α-hetero) is 1. The number of hydrogen-bond acceptors (Lipinski definition) is 1. The topological polar surface area (TPSA) is 17.1 Å². The first kappa shape index (κ1) is 10.3. The zero-order valence-electron chi connectivity index (χ0n) is 9.09. The van der Waals surface area contributed by atoms with E-state index in [4.69, 9.17) is 0 Å². The largest absolute Gasteiger partial charge is 0.299 e. The lowest BCUT2D eigenvalue weighted by Crippen LogP contribution is -2.34. The fourth-order valence-electron chi connectivity index (χ4n) is 2.34. The van der Waals surface area contributed by atoms with Crippen LogP contribution in [0.5, 0.6) is 0 Å². The summed E-state index contributed by atoms with van der Waals surface area (Å²) < 4.78 is 13.1. The minimum Gasteiger partial charge on any atom is -0.299 e. The first-order valence-electron chi connectivity index (χ1n) is 5.42. The van der Waals surface area contributed by atoms with Crippen LogP contribution in [-0.4, -0.2) is 5.78 Å². The highest BCUT2D eigenvalue weighted by molar-refractivity contribution is 5.89. The van der Waals surface area contributed by atoms with Gasteiger partial charge in [0.1, 0.15) is 11.6 Å². The van der Waals surface area contributed by atoms with Crippen molar-refractivity contribution in [2.75, 3.05) is 0 Å². The highest BCUT2D eigenvalue weighted by Crippen LogP contribution is 2.41. The van der Waals surface area contributed by atoms with Gasteiger partial charge in [-0.1, -0.05) is 19.1 Å². The van der Waals surface area contributed by atoms with E-state index in [2.05, 4.69) is 0 Å². The van der Waals surface area contributed by atoms with Crippen molar-refractivity contribution in [3.63, 3.8) is 0 Å². The maximum atomic E-state index is 13.1. The number of aryl methyl sites for hydroxylation is 1. The van der Waals surface area contributed by atoms with Gasteiger partial charge < -0.3 is 0 Å². The fourth-order valence-corrected chi connectivity index (χ4v) is 2.34. The molecule has 0 heterocycles. The molecule has 0 amide bonds.